The summed E-state index contributed by atoms with van der Waals surface area (Å²) in [5.41, 5.74) is 0. The Hall–Kier alpha value is -1.54. The van der Waals surface area contributed by atoms with Crippen molar-refractivity contribution >= 4 is 11.9 Å². The molecule has 0 atom stereocenters. The van der Waals surface area contributed by atoms with E-state index in [9.17, 15) is 9.59 Å². The van der Waals surface area contributed by atoms with E-state index in [4.69, 9.17) is 56.8 Å². The molecule has 0 fully saturated rings. The van der Waals surface area contributed by atoms with Gasteiger partial charge in [0.25, 0.3) is 0 Å². The van der Waals surface area contributed by atoms with Crippen molar-refractivity contribution in [2.24, 2.45) is 0 Å². The standard InChI is InChI=1S/C30H58O16/c1-33-29(31)3-5-35-7-9-37-11-13-39-15-17-41-19-21-43-23-25-45-27-28-46-26-24-44-22-20-42-18-16-40-14-12-38-10-8-36-6-4-30(32)34-2/h3-28H2,1-2H3. The first-order chi connectivity index (χ1) is 22.7. The molecule has 16 heteroatoms. The van der Waals surface area contributed by atoms with Gasteiger partial charge in [-0.05, 0) is 0 Å². The average Bonchev–Trinajstić information content (AvgIpc) is 3.07. The van der Waals surface area contributed by atoms with Crippen LogP contribution in [0.25, 0.3) is 0 Å². The number of methoxy groups -OCH3 is 2. The second-order valence-corrected chi connectivity index (χ2v) is 9.00. The monoisotopic (exact) mass is 674 g/mol. The van der Waals surface area contributed by atoms with Crippen LogP contribution in [0.1, 0.15) is 12.8 Å². The zero-order valence-electron chi connectivity index (χ0n) is 27.9. The normalized spacial score (nSPS) is 11.3. The van der Waals surface area contributed by atoms with Gasteiger partial charge in [0.2, 0.25) is 0 Å². The maximum atomic E-state index is 10.9. The fourth-order valence-electron chi connectivity index (χ4n) is 3.04. The SMILES string of the molecule is COC(=O)CCOCCOCCOCCOCCOCCOCCOCCOCCOCCOCCOCCOCCC(=O)OC. The highest BCUT2D eigenvalue weighted by Gasteiger charge is 2.00. The zero-order valence-corrected chi connectivity index (χ0v) is 27.9. The lowest BCUT2D eigenvalue weighted by Gasteiger charge is -2.09. The van der Waals surface area contributed by atoms with Gasteiger partial charge in [0.1, 0.15) is 0 Å². The summed E-state index contributed by atoms with van der Waals surface area (Å²) in [5.74, 6) is -0.579. The minimum atomic E-state index is -0.289. The molecule has 46 heavy (non-hydrogen) atoms. The molecule has 0 rings (SSSR count). The highest BCUT2D eigenvalue weighted by atomic mass is 16.6. The van der Waals surface area contributed by atoms with Crippen LogP contribution in [0.2, 0.25) is 0 Å². The number of rotatable bonds is 39. The van der Waals surface area contributed by atoms with Gasteiger partial charge in [-0.1, -0.05) is 0 Å². The van der Waals surface area contributed by atoms with Gasteiger partial charge in [-0.15, -0.1) is 0 Å². The number of carbonyl (C=O) groups excluding carboxylic acids is 2. The molecular formula is C30H58O16. The molecule has 0 spiro atoms. The lowest BCUT2D eigenvalue weighted by molar-refractivity contribution is -0.142. The van der Waals surface area contributed by atoms with E-state index in [1.165, 1.54) is 14.2 Å². The van der Waals surface area contributed by atoms with Gasteiger partial charge in [0.15, 0.2) is 0 Å². The third-order valence-corrected chi connectivity index (χ3v) is 5.45. The summed E-state index contributed by atoms with van der Waals surface area (Å²) in [6.07, 6.45) is 0.482. The predicted octanol–water partition coefficient (Wildman–Crippen LogP) is 0.312. The van der Waals surface area contributed by atoms with E-state index in [0.29, 0.717) is 159 Å². The summed E-state index contributed by atoms with van der Waals surface area (Å²) in [6, 6.07) is 0. The quantitative estimate of drug-likeness (QED) is 0.0646. The van der Waals surface area contributed by atoms with Crippen molar-refractivity contribution in [3.63, 3.8) is 0 Å². The Morgan fingerprint density at radius 3 is 0.522 bits per heavy atom. The van der Waals surface area contributed by atoms with Crippen molar-refractivity contribution in [1.82, 2.24) is 0 Å². The van der Waals surface area contributed by atoms with Crippen molar-refractivity contribution in [2.45, 2.75) is 12.8 Å². The van der Waals surface area contributed by atoms with Gasteiger partial charge >= 0.3 is 11.9 Å². The topological polar surface area (TPSA) is 163 Å². The maximum Gasteiger partial charge on any atom is 0.307 e. The van der Waals surface area contributed by atoms with Crippen molar-refractivity contribution in [2.75, 3.05) is 173 Å². The van der Waals surface area contributed by atoms with Crippen LogP contribution < -0.4 is 0 Å². The van der Waals surface area contributed by atoms with E-state index >= 15 is 0 Å². The molecule has 0 aromatic carbocycles. The number of ether oxygens (including phenoxy) is 14. The third-order valence-electron chi connectivity index (χ3n) is 5.45. The second-order valence-electron chi connectivity index (χ2n) is 9.00. The second kappa shape index (κ2) is 39.6. The predicted molar refractivity (Wildman–Crippen MR) is 163 cm³/mol. The van der Waals surface area contributed by atoms with Crippen LogP contribution in [-0.4, -0.2) is 185 Å². The van der Waals surface area contributed by atoms with Gasteiger partial charge in [-0.2, -0.15) is 0 Å². The molecule has 0 aromatic rings. The first-order valence-electron chi connectivity index (χ1n) is 15.8. The molecule has 0 aliphatic heterocycles. The summed E-state index contributed by atoms with van der Waals surface area (Å²) in [7, 11) is 2.70. The lowest BCUT2D eigenvalue weighted by Crippen LogP contribution is -2.15. The smallest absolute Gasteiger partial charge is 0.307 e. The van der Waals surface area contributed by atoms with Crippen molar-refractivity contribution in [3.8, 4) is 0 Å². The fraction of sp³-hybridized carbons (Fsp3) is 0.933. The zero-order chi connectivity index (χ0) is 33.4. The van der Waals surface area contributed by atoms with E-state index < -0.39 is 0 Å². The van der Waals surface area contributed by atoms with E-state index in [1.54, 1.807) is 0 Å². The van der Waals surface area contributed by atoms with E-state index in [2.05, 4.69) is 9.47 Å². The molecule has 274 valence electrons. The summed E-state index contributed by atoms with van der Waals surface area (Å²) in [5, 5.41) is 0. The van der Waals surface area contributed by atoms with Gasteiger partial charge < -0.3 is 66.3 Å². The molecule has 0 bridgehead atoms. The molecule has 0 saturated heterocycles. The molecule has 0 aliphatic carbocycles. The molecule has 0 unspecified atom stereocenters. The van der Waals surface area contributed by atoms with Crippen LogP contribution in [-0.2, 0) is 75.9 Å². The molecule has 0 saturated carbocycles. The summed E-state index contributed by atoms with van der Waals surface area (Å²) in [4.78, 5) is 21.8. The Balaban J connectivity index is 3.06. The largest absolute Gasteiger partial charge is 0.469 e. The first-order valence-corrected chi connectivity index (χ1v) is 15.8. The third kappa shape index (κ3) is 38.6. The number of hydrogen-bond acceptors (Lipinski definition) is 16. The molecule has 0 radical (unpaired) electrons. The van der Waals surface area contributed by atoms with Crippen LogP contribution >= 0.6 is 0 Å². The average molecular weight is 675 g/mol. The maximum absolute atomic E-state index is 10.9. The number of esters is 2. The van der Waals surface area contributed by atoms with Gasteiger partial charge in [0.05, 0.1) is 186 Å². The van der Waals surface area contributed by atoms with Gasteiger partial charge in [-0.3, -0.25) is 9.59 Å². The molecule has 0 aromatic heterocycles. The highest BCUT2D eigenvalue weighted by molar-refractivity contribution is 5.69. The Morgan fingerprint density at radius 2 is 0.391 bits per heavy atom. The Bertz CT molecular complexity index is 576. The van der Waals surface area contributed by atoms with E-state index in [-0.39, 0.29) is 24.8 Å². The van der Waals surface area contributed by atoms with Gasteiger partial charge in [0, 0.05) is 0 Å². The highest BCUT2D eigenvalue weighted by Crippen LogP contribution is 1.90. The van der Waals surface area contributed by atoms with Crippen LogP contribution in [0, 0.1) is 0 Å². The Morgan fingerprint density at radius 1 is 0.261 bits per heavy atom. The summed E-state index contributed by atoms with van der Waals surface area (Å²) in [6.45, 7) is 11.1. The number of carbonyl (C=O) groups is 2. The lowest BCUT2D eigenvalue weighted by atomic mass is 10.5. The van der Waals surface area contributed by atoms with Crippen LogP contribution in [0.4, 0.5) is 0 Å². The van der Waals surface area contributed by atoms with Crippen molar-refractivity contribution in [1.29, 1.82) is 0 Å². The molecule has 0 amide bonds. The molecule has 0 aliphatic rings. The molecule has 16 nitrogen and oxygen atoms in total. The summed E-state index contributed by atoms with van der Waals surface area (Å²) >= 11 is 0. The minimum absolute atomic E-state index is 0.241. The van der Waals surface area contributed by atoms with E-state index in [0.717, 1.165) is 0 Å². The van der Waals surface area contributed by atoms with Gasteiger partial charge in [-0.25, -0.2) is 0 Å². The number of hydrogen-bond donors (Lipinski definition) is 0. The van der Waals surface area contributed by atoms with Crippen LogP contribution in [0.15, 0.2) is 0 Å². The molecule has 0 heterocycles. The fourth-order valence-corrected chi connectivity index (χ4v) is 3.04. The molecule has 0 N–H and O–H groups in total. The molecular weight excluding hydrogens is 616 g/mol. The van der Waals surface area contributed by atoms with E-state index in [1.807, 2.05) is 0 Å². The Labute approximate surface area is 273 Å². The van der Waals surface area contributed by atoms with Crippen LogP contribution in [0.5, 0.6) is 0 Å². The Kier molecular flexibility index (Phi) is 38.3. The first kappa shape index (κ1) is 44.5. The minimum Gasteiger partial charge on any atom is -0.469 e. The summed E-state index contributed by atoms with van der Waals surface area (Å²) < 4.78 is 73.8. The van der Waals surface area contributed by atoms with Crippen molar-refractivity contribution < 1.29 is 75.9 Å². The van der Waals surface area contributed by atoms with Crippen molar-refractivity contribution in [3.05, 3.63) is 0 Å². The van der Waals surface area contributed by atoms with Crippen LogP contribution in [0.3, 0.4) is 0 Å².